The number of hydrogen-bond donors (Lipinski definition) is 2. The Hall–Kier alpha value is -1.06. The van der Waals surface area contributed by atoms with Gasteiger partial charge >= 0.3 is 5.97 Å². The molecule has 80 valence electrons. The highest BCUT2D eigenvalue weighted by molar-refractivity contribution is 5.86. The van der Waals surface area contributed by atoms with Crippen molar-refractivity contribution >= 4 is 11.9 Å². The van der Waals surface area contributed by atoms with Crippen LogP contribution >= 0.6 is 0 Å². The maximum absolute atomic E-state index is 11.6. The fourth-order valence-electron chi connectivity index (χ4n) is 2.12. The number of nitrogens with one attached hydrogen (secondary N) is 1. The molecule has 4 nitrogen and oxygen atoms in total. The first-order valence-corrected chi connectivity index (χ1v) is 4.70. The van der Waals surface area contributed by atoms with E-state index in [-0.39, 0.29) is 29.2 Å². The molecule has 0 atom stereocenters. The van der Waals surface area contributed by atoms with E-state index in [0.29, 0.717) is 0 Å². The average Bonchev–Trinajstić information content (AvgIpc) is 2.39. The Morgan fingerprint density at radius 2 is 1.64 bits per heavy atom. The molecule has 0 bridgehead atoms. The number of amides is 1. The Morgan fingerprint density at radius 1 is 1.21 bits per heavy atom. The minimum Gasteiger partial charge on any atom is -0.480 e. The highest BCUT2D eigenvalue weighted by atomic mass is 16.4. The number of rotatable bonds is 3. The summed E-state index contributed by atoms with van der Waals surface area (Å²) in [6.45, 7) is 7.81. The molecule has 1 fully saturated rings. The van der Waals surface area contributed by atoms with Gasteiger partial charge in [-0.1, -0.05) is 27.7 Å². The van der Waals surface area contributed by atoms with Gasteiger partial charge in [0.1, 0.15) is 6.54 Å². The van der Waals surface area contributed by atoms with Crippen LogP contribution in [0.4, 0.5) is 0 Å². The second-order valence-electron chi connectivity index (χ2n) is 4.99. The van der Waals surface area contributed by atoms with Crippen molar-refractivity contribution in [2.45, 2.75) is 27.7 Å². The Labute approximate surface area is 83.7 Å². The molecule has 0 aromatic rings. The first-order valence-electron chi connectivity index (χ1n) is 4.70. The van der Waals surface area contributed by atoms with Gasteiger partial charge in [-0.25, -0.2) is 0 Å². The predicted molar refractivity (Wildman–Crippen MR) is 51.7 cm³/mol. The van der Waals surface area contributed by atoms with Crippen LogP contribution in [0.5, 0.6) is 0 Å². The number of hydrogen-bond acceptors (Lipinski definition) is 2. The summed E-state index contributed by atoms with van der Waals surface area (Å²) in [6.07, 6.45) is 0. The summed E-state index contributed by atoms with van der Waals surface area (Å²) in [5.74, 6) is -1.23. The Balaban J connectivity index is 2.54. The molecule has 0 aromatic heterocycles. The lowest BCUT2D eigenvalue weighted by atomic mass is 10.0. The largest absolute Gasteiger partial charge is 0.480 e. The Morgan fingerprint density at radius 3 is 1.93 bits per heavy atom. The van der Waals surface area contributed by atoms with Crippen molar-refractivity contribution in [3.8, 4) is 0 Å². The Bertz CT molecular complexity index is 267. The van der Waals surface area contributed by atoms with Gasteiger partial charge in [0, 0.05) is 5.92 Å². The minimum absolute atomic E-state index is 0.0322. The lowest BCUT2D eigenvalue weighted by Crippen LogP contribution is -2.32. The van der Waals surface area contributed by atoms with Gasteiger partial charge in [-0.3, -0.25) is 9.59 Å². The Kier molecular flexibility index (Phi) is 2.34. The van der Waals surface area contributed by atoms with E-state index in [1.807, 2.05) is 27.7 Å². The van der Waals surface area contributed by atoms with Crippen LogP contribution in [-0.4, -0.2) is 23.5 Å². The minimum atomic E-state index is -1.00. The number of carboxylic acids is 1. The topological polar surface area (TPSA) is 66.4 Å². The quantitative estimate of drug-likeness (QED) is 0.708. The summed E-state index contributed by atoms with van der Waals surface area (Å²) >= 11 is 0. The summed E-state index contributed by atoms with van der Waals surface area (Å²) in [6, 6.07) is 0. The van der Waals surface area contributed by atoms with Crippen LogP contribution in [0.15, 0.2) is 0 Å². The van der Waals surface area contributed by atoms with E-state index in [9.17, 15) is 9.59 Å². The van der Waals surface area contributed by atoms with Crippen molar-refractivity contribution in [2.24, 2.45) is 16.7 Å². The molecule has 1 amide bonds. The van der Waals surface area contributed by atoms with Crippen LogP contribution in [-0.2, 0) is 9.59 Å². The number of carbonyl (C=O) groups is 2. The summed E-state index contributed by atoms with van der Waals surface area (Å²) in [5, 5.41) is 10.8. The normalized spacial score (nSPS) is 22.9. The standard InChI is InChI=1S/C10H17NO3/c1-9(2)7(10(9,3)4)8(14)11-5-6(12)13/h7H,5H2,1-4H3,(H,11,14)(H,12,13). The van der Waals surface area contributed by atoms with Crippen molar-refractivity contribution in [1.82, 2.24) is 5.32 Å². The van der Waals surface area contributed by atoms with Gasteiger partial charge in [0.25, 0.3) is 0 Å². The third-order valence-corrected chi connectivity index (χ3v) is 3.70. The van der Waals surface area contributed by atoms with E-state index in [4.69, 9.17) is 5.11 Å². The summed E-state index contributed by atoms with van der Waals surface area (Å²) in [4.78, 5) is 21.8. The monoisotopic (exact) mass is 199 g/mol. The van der Waals surface area contributed by atoms with Crippen molar-refractivity contribution < 1.29 is 14.7 Å². The smallest absolute Gasteiger partial charge is 0.322 e. The van der Waals surface area contributed by atoms with E-state index in [1.165, 1.54) is 0 Å². The SMILES string of the molecule is CC1(C)C(C(=O)NCC(=O)O)C1(C)C. The molecule has 0 saturated heterocycles. The van der Waals surface area contributed by atoms with Crippen LogP contribution in [0, 0.1) is 16.7 Å². The predicted octanol–water partition coefficient (Wildman–Crippen LogP) is 0.869. The fourth-order valence-corrected chi connectivity index (χ4v) is 2.12. The van der Waals surface area contributed by atoms with Gasteiger partial charge in [0.15, 0.2) is 0 Å². The van der Waals surface area contributed by atoms with Gasteiger partial charge in [-0.05, 0) is 10.8 Å². The molecule has 0 aromatic carbocycles. The number of aliphatic carboxylic acids is 1. The maximum Gasteiger partial charge on any atom is 0.322 e. The molecule has 0 aliphatic heterocycles. The number of carbonyl (C=O) groups excluding carboxylic acids is 1. The van der Waals surface area contributed by atoms with Gasteiger partial charge < -0.3 is 10.4 Å². The summed E-state index contributed by atoms with van der Waals surface area (Å²) in [5.41, 5.74) is -0.0643. The van der Waals surface area contributed by atoms with E-state index >= 15 is 0 Å². The lowest BCUT2D eigenvalue weighted by Gasteiger charge is -2.03. The molecule has 0 spiro atoms. The van der Waals surface area contributed by atoms with Crippen LogP contribution in [0.25, 0.3) is 0 Å². The molecule has 0 radical (unpaired) electrons. The van der Waals surface area contributed by atoms with Crippen LogP contribution in [0.2, 0.25) is 0 Å². The molecular weight excluding hydrogens is 182 g/mol. The summed E-state index contributed by atoms with van der Waals surface area (Å²) < 4.78 is 0. The molecule has 0 unspecified atom stereocenters. The third kappa shape index (κ3) is 1.49. The van der Waals surface area contributed by atoms with Crippen molar-refractivity contribution in [2.75, 3.05) is 6.54 Å². The molecule has 2 N–H and O–H groups in total. The van der Waals surface area contributed by atoms with Gasteiger partial charge in [-0.2, -0.15) is 0 Å². The molecular formula is C10H17NO3. The highest BCUT2D eigenvalue weighted by Crippen LogP contribution is 2.68. The average molecular weight is 199 g/mol. The zero-order chi connectivity index (χ0) is 11.1. The second kappa shape index (κ2) is 2.97. The van der Waals surface area contributed by atoms with E-state index < -0.39 is 5.97 Å². The second-order valence-corrected chi connectivity index (χ2v) is 4.99. The molecule has 14 heavy (non-hydrogen) atoms. The van der Waals surface area contributed by atoms with Crippen LogP contribution in [0.1, 0.15) is 27.7 Å². The summed E-state index contributed by atoms with van der Waals surface area (Å²) in [7, 11) is 0. The molecule has 1 aliphatic carbocycles. The van der Waals surface area contributed by atoms with E-state index in [1.54, 1.807) is 0 Å². The van der Waals surface area contributed by atoms with Gasteiger partial charge in [0.2, 0.25) is 5.91 Å². The number of carboxylic acid groups (broad SMARTS) is 1. The third-order valence-electron chi connectivity index (χ3n) is 3.70. The van der Waals surface area contributed by atoms with Gasteiger partial charge in [-0.15, -0.1) is 0 Å². The van der Waals surface area contributed by atoms with E-state index in [2.05, 4.69) is 5.32 Å². The zero-order valence-corrected chi connectivity index (χ0v) is 9.05. The molecule has 0 heterocycles. The molecule has 1 saturated carbocycles. The van der Waals surface area contributed by atoms with Crippen molar-refractivity contribution in [3.63, 3.8) is 0 Å². The van der Waals surface area contributed by atoms with Gasteiger partial charge in [0.05, 0.1) is 0 Å². The molecule has 4 heteroatoms. The first-order chi connectivity index (χ1) is 6.21. The van der Waals surface area contributed by atoms with Crippen LogP contribution in [0.3, 0.4) is 0 Å². The highest BCUT2D eigenvalue weighted by Gasteiger charge is 2.68. The zero-order valence-electron chi connectivity index (χ0n) is 9.05. The first kappa shape index (κ1) is 11.0. The lowest BCUT2D eigenvalue weighted by molar-refractivity contribution is -0.138. The maximum atomic E-state index is 11.6. The van der Waals surface area contributed by atoms with Crippen LogP contribution < -0.4 is 5.32 Å². The molecule has 1 aliphatic rings. The van der Waals surface area contributed by atoms with Crippen molar-refractivity contribution in [3.05, 3.63) is 0 Å². The van der Waals surface area contributed by atoms with Crippen molar-refractivity contribution in [1.29, 1.82) is 0 Å². The fraction of sp³-hybridized carbons (Fsp3) is 0.800. The van der Waals surface area contributed by atoms with E-state index in [0.717, 1.165) is 0 Å². The molecule has 1 rings (SSSR count).